The van der Waals surface area contributed by atoms with Crippen LogP contribution in [-0.2, 0) is 12.7 Å². The molecular weight excluding hydrogens is 288 g/mol. The van der Waals surface area contributed by atoms with Gasteiger partial charge in [0, 0.05) is 6.54 Å². The number of benzene rings is 1. The zero-order valence-corrected chi connectivity index (χ0v) is 11.3. The average Bonchev–Trinajstić information content (AvgIpc) is 2.87. The lowest BCUT2D eigenvalue weighted by Gasteiger charge is -2.07. The predicted octanol–water partition coefficient (Wildman–Crippen LogP) is 4.00. The minimum atomic E-state index is -4.54. The van der Waals surface area contributed by atoms with Crippen molar-refractivity contribution >= 4 is 0 Å². The maximum absolute atomic E-state index is 13.7. The van der Waals surface area contributed by atoms with Gasteiger partial charge in [-0.3, -0.25) is 0 Å². The van der Waals surface area contributed by atoms with Crippen molar-refractivity contribution in [2.24, 2.45) is 0 Å². The molecule has 1 heterocycles. The molecule has 0 atom stereocenters. The van der Waals surface area contributed by atoms with Crippen LogP contribution in [0.5, 0.6) is 0 Å². The molecule has 21 heavy (non-hydrogen) atoms. The fourth-order valence-electron chi connectivity index (χ4n) is 1.77. The summed E-state index contributed by atoms with van der Waals surface area (Å²) >= 11 is 0. The van der Waals surface area contributed by atoms with Gasteiger partial charge in [0.15, 0.2) is 0 Å². The van der Waals surface area contributed by atoms with Gasteiger partial charge >= 0.3 is 6.18 Å². The lowest BCUT2D eigenvalue weighted by Crippen LogP contribution is -2.13. The van der Waals surface area contributed by atoms with Crippen LogP contribution in [0.2, 0.25) is 0 Å². The molecule has 0 aliphatic heterocycles. The van der Waals surface area contributed by atoms with Crippen molar-refractivity contribution in [1.29, 1.82) is 0 Å². The van der Waals surface area contributed by atoms with Gasteiger partial charge in [0.2, 0.25) is 5.89 Å². The Balaban J connectivity index is 2.25. The van der Waals surface area contributed by atoms with Crippen molar-refractivity contribution in [2.45, 2.75) is 26.1 Å². The highest BCUT2D eigenvalue weighted by Crippen LogP contribution is 2.33. The Kier molecular flexibility index (Phi) is 4.62. The molecule has 0 aliphatic carbocycles. The van der Waals surface area contributed by atoms with Crippen LogP contribution in [0.15, 0.2) is 28.9 Å². The van der Waals surface area contributed by atoms with E-state index in [1.165, 1.54) is 6.26 Å². The Labute approximate surface area is 119 Å². The summed E-state index contributed by atoms with van der Waals surface area (Å²) in [6.07, 6.45) is -2.30. The molecule has 0 amide bonds. The summed E-state index contributed by atoms with van der Waals surface area (Å²) < 4.78 is 56.7. The zero-order chi connectivity index (χ0) is 15.5. The van der Waals surface area contributed by atoms with E-state index in [2.05, 4.69) is 10.3 Å². The van der Waals surface area contributed by atoms with Crippen LogP contribution < -0.4 is 5.32 Å². The Bertz CT molecular complexity index is 607. The SMILES string of the molecule is CCCNCc1coc(-c2cc(C(F)(F)F)ccc2F)n1. The van der Waals surface area contributed by atoms with E-state index in [1.807, 2.05) is 6.92 Å². The molecule has 1 N–H and O–H groups in total. The van der Waals surface area contributed by atoms with Crippen LogP contribution in [0, 0.1) is 5.82 Å². The quantitative estimate of drug-likeness (QED) is 0.670. The van der Waals surface area contributed by atoms with Gasteiger partial charge in [-0.05, 0) is 31.2 Å². The van der Waals surface area contributed by atoms with Crippen LogP contribution in [-0.4, -0.2) is 11.5 Å². The van der Waals surface area contributed by atoms with E-state index in [9.17, 15) is 17.6 Å². The maximum Gasteiger partial charge on any atom is 0.416 e. The zero-order valence-electron chi connectivity index (χ0n) is 11.3. The molecule has 0 radical (unpaired) electrons. The van der Waals surface area contributed by atoms with Crippen LogP contribution in [0.1, 0.15) is 24.6 Å². The standard InChI is InChI=1S/C14H14F4N2O/c1-2-5-19-7-10-8-21-13(20-10)11-6-9(14(16,17)18)3-4-12(11)15/h3-4,6,8,19H,2,5,7H2,1H3. The van der Waals surface area contributed by atoms with Crippen molar-refractivity contribution < 1.29 is 22.0 Å². The topological polar surface area (TPSA) is 38.1 Å². The first-order chi connectivity index (χ1) is 9.91. The highest BCUT2D eigenvalue weighted by atomic mass is 19.4. The van der Waals surface area contributed by atoms with Gasteiger partial charge in [0.1, 0.15) is 12.1 Å². The predicted molar refractivity (Wildman–Crippen MR) is 68.9 cm³/mol. The molecule has 1 aromatic carbocycles. The van der Waals surface area contributed by atoms with Crippen molar-refractivity contribution in [3.63, 3.8) is 0 Å². The summed E-state index contributed by atoms with van der Waals surface area (Å²) in [5.41, 5.74) is -0.732. The van der Waals surface area contributed by atoms with Crippen LogP contribution in [0.4, 0.5) is 17.6 Å². The molecule has 0 fully saturated rings. The molecule has 1 aromatic heterocycles. The fourth-order valence-corrected chi connectivity index (χ4v) is 1.77. The van der Waals surface area contributed by atoms with E-state index in [0.717, 1.165) is 19.0 Å². The minimum absolute atomic E-state index is 0.160. The molecule has 2 rings (SSSR count). The molecule has 0 spiro atoms. The Morgan fingerprint density at radius 1 is 1.29 bits per heavy atom. The maximum atomic E-state index is 13.7. The second-order valence-corrected chi connectivity index (χ2v) is 4.51. The number of oxazole rings is 1. The first kappa shape index (κ1) is 15.5. The third-order valence-corrected chi connectivity index (χ3v) is 2.81. The normalized spacial score (nSPS) is 11.9. The van der Waals surface area contributed by atoms with Gasteiger partial charge in [-0.1, -0.05) is 6.92 Å². The molecule has 0 unspecified atom stereocenters. The summed E-state index contributed by atoms with van der Waals surface area (Å²) in [7, 11) is 0. The van der Waals surface area contributed by atoms with Gasteiger partial charge in [0.05, 0.1) is 16.8 Å². The third-order valence-electron chi connectivity index (χ3n) is 2.81. The van der Waals surface area contributed by atoms with Gasteiger partial charge in [-0.15, -0.1) is 0 Å². The number of nitrogens with zero attached hydrogens (tertiary/aromatic N) is 1. The lowest BCUT2D eigenvalue weighted by molar-refractivity contribution is -0.137. The average molecular weight is 302 g/mol. The second-order valence-electron chi connectivity index (χ2n) is 4.51. The molecule has 7 heteroatoms. The number of aromatic nitrogens is 1. The molecule has 0 aliphatic rings. The van der Waals surface area contributed by atoms with Gasteiger partial charge in [-0.2, -0.15) is 13.2 Å². The minimum Gasteiger partial charge on any atom is -0.444 e. The summed E-state index contributed by atoms with van der Waals surface area (Å²) in [6, 6.07) is 2.15. The summed E-state index contributed by atoms with van der Waals surface area (Å²) in [5, 5.41) is 3.07. The van der Waals surface area contributed by atoms with E-state index in [4.69, 9.17) is 4.42 Å². The van der Waals surface area contributed by atoms with Crippen molar-refractivity contribution in [1.82, 2.24) is 10.3 Å². The number of hydrogen-bond acceptors (Lipinski definition) is 3. The van der Waals surface area contributed by atoms with Crippen LogP contribution in [0.3, 0.4) is 0 Å². The number of nitrogens with one attached hydrogen (secondary N) is 1. The first-order valence-corrected chi connectivity index (χ1v) is 6.44. The number of alkyl halides is 3. The molecule has 114 valence electrons. The van der Waals surface area contributed by atoms with Crippen LogP contribution in [0.25, 0.3) is 11.5 Å². The number of halogens is 4. The smallest absolute Gasteiger partial charge is 0.416 e. The third kappa shape index (κ3) is 3.81. The molecule has 0 bridgehead atoms. The Morgan fingerprint density at radius 3 is 2.71 bits per heavy atom. The molecule has 2 aromatic rings. The van der Waals surface area contributed by atoms with E-state index >= 15 is 0 Å². The molecular formula is C14H14F4N2O. The molecule has 0 saturated heterocycles. The second kappa shape index (κ2) is 6.26. The Morgan fingerprint density at radius 2 is 2.05 bits per heavy atom. The van der Waals surface area contributed by atoms with E-state index in [0.29, 0.717) is 24.4 Å². The first-order valence-electron chi connectivity index (χ1n) is 6.44. The van der Waals surface area contributed by atoms with Gasteiger partial charge in [-0.25, -0.2) is 9.37 Å². The summed E-state index contributed by atoms with van der Waals surface area (Å²) in [5.74, 6) is -0.968. The monoisotopic (exact) mass is 302 g/mol. The van der Waals surface area contributed by atoms with Crippen LogP contribution >= 0.6 is 0 Å². The van der Waals surface area contributed by atoms with Crippen molar-refractivity contribution in [2.75, 3.05) is 6.54 Å². The highest BCUT2D eigenvalue weighted by molar-refractivity contribution is 5.56. The van der Waals surface area contributed by atoms with Crippen molar-refractivity contribution in [3.05, 3.63) is 41.5 Å². The van der Waals surface area contributed by atoms with E-state index in [-0.39, 0.29) is 11.5 Å². The van der Waals surface area contributed by atoms with Gasteiger partial charge in [0.25, 0.3) is 0 Å². The van der Waals surface area contributed by atoms with Gasteiger partial charge < -0.3 is 9.73 Å². The van der Waals surface area contributed by atoms with Crippen molar-refractivity contribution in [3.8, 4) is 11.5 Å². The fraction of sp³-hybridized carbons (Fsp3) is 0.357. The van der Waals surface area contributed by atoms with E-state index < -0.39 is 17.6 Å². The van der Waals surface area contributed by atoms with E-state index in [1.54, 1.807) is 0 Å². The molecule has 0 saturated carbocycles. The number of hydrogen-bond donors (Lipinski definition) is 1. The lowest BCUT2D eigenvalue weighted by atomic mass is 10.1. The Hall–Kier alpha value is -1.89. The number of rotatable bonds is 5. The summed E-state index contributed by atoms with van der Waals surface area (Å²) in [4.78, 5) is 4.00. The molecule has 3 nitrogen and oxygen atoms in total. The largest absolute Gasteiger partial charge is 0.444 e. The summed E-state index contributed by atoms with van der Waals surface area (Å²) in [6.45, 7) is 3.19. The highest BCUT2D eigenvalue weighted by Gasteiger charge is 2.31.